The minimum atomic E-state index is -0.397. The molecule has 0 bridgehead atoms. The largest absolute Gasteiger partial charge is 0.497 e. The summed E-state index contributed by atoms with van der Waals surface area (Å²) in [6.07, 6.45) is 4.62. The molecule has 18 heavy (non-hydrogen) atoms. The van der Waals surface area contributed by atoms with Gasteiger partial charge in [-0.2, -0.15) is 5.10 Å². The first-order valence-corrected chi connectivity index (χ1v) is 5.46. The number of aromatic nitrogens is 3. The molecular formula is C12H13N3O3. The molecule has 0 N–H and O–H groups in total. The molecule has 0 spiro atoms. The maximum absolute atomic E-state index is 11.5. The van der Waals surface area contributed by atoms with Crippen LogP contribution in [0, 0.1) is 0 Å². The van der Waals surface area contributed by atoms with Crippen LogP contribution in [0.2, 0.25) is 0 Å². The monoisotopic (exact) mass is 247 g/mol. The van der Waals surface area contributed by atoms with Crippen LogP contribution >= 0.6 is 0 Å². The van der Waals surface area contributed by atoms with Gasteiger partial charge in [0.15, 0.2) is 5.82 Å². The summed E-state index contributed by atoms with van der Waals surface area (Å²) in [5.41, 5.74) is 0.390. The third-order valence-corrected chi connectivity index (χ3v) is 2.28. The summed E-state index contributed by atoms with van der Waals surface area (Å²) in [6, 6.07) is 3.46. The van der Waals surface area contributed by atoms with Crippen molar-refractivity contribution in [3.63, 3.8) is 0 Å². The highest BCUT2D eigenvalue weighted by atomic mass is 16.5. The molecule has 94 valence electrons. The van der Waals surface area contributed by atoms with E-state index in [1.165, 1.54) is 10.9 Å². The first kappa shape index (κ1) is 12.1. The van der Waals surface area contributed by atoms with Gasteiger partial charge in [0.2, 0.25) is 0 Å². The Morgan fingerprint density at radius 3 is 3.06 bits per heavy atom. The van der Waals surface area contributed by atoms with Crippen LogP contribution in [-0.4, -0.2) is 34.5 Å². The minimum absolute atomic E-state index is 0.335. The highest BCUT2D eigenvalue weighted by Gasteiger charge is 2.10. The molecule has 0 amide bonds. The van der Waals surface area contributed by atoms with Crippen molar-refractivity contribution in [3.8, 4) is 11.6 Å². The number of methoxy groups -OCH3 is 1. The second-order valence-corrected chi connectivity index (χ2v) is 3.45. The predicted octanol–water partition coefficient (Wildman–Crippen LogP) is 1.45. The molecule has 0 aliphatic rings. The smallest absolute Gasteiger partial charge is 0.341 e. The zero-order chi connectivity index (χ0) is 13.0. The molecule has 0 radical (unpaired) electrons. The van der Waals surface area contributed by atoms with Crippen molar-refractivity contribution >= 4 is 5.97 Å². The van der Waals surface area contributed by atoms with Crippen molar-refractivity contribution in [2.75, 3.05) is 13.7 Å². The van der Waals surface area contributed by atoms with Gasteiger partial charge in [0, 0.05) is 18.5 Å². The average molecular weight is 247 g/mol. The van der Waals surface area contributed by atoms with Crippen LogP contribution < -0.4 is 4.74 Å². The van der Waals surface area contributed by atoms with E-state index in [0.29, 0.717) is 23.7 Å². The average Bonchev–Trinajstić information content (AvgIpc) is 2.89. The lowest BCUT2D eigenvalue weighted by molar-refractivity contribution is 0.0526. The second-order valence-electron chi connectivity index (χ2n) is 3.45. The van der Waals surface area contributed by atoms with Gasteiger partial charge >= 0.3 is 5.97 Å². The molecule has 0 atom stereocenters. The van der Waals surface area contributed by atoms with Crippen LogP contribution in [0.5, 0.6) is 5.75 Å². The topological polar surface area (TPSA) is 66.2 Å². The molecule has 2 aromatic heterocycles. The molecular weight excluding hydrogens is 234 g/mol. The Bertz CT molecular complexity index is 551. The normalized spacial score (nSPS) is 10.1. The zero-order valence-corrected chi connectivity index (χ0v) is 10.2. The summed E-state index contributed by atoms with van der Waals surface area (Å²) < 4.78 is 11.5. The number of rotatable bonds is 4. The van der Waals surface area contributed by atoms with Crippen LogP contribution in [-0.2, 0) is 4.74 Å². The lowest BCUT2D eigenvalue weighted by atomic mass is 10.4. The second kappa shape index (κ2) is 5.31. The first-order chi connectivity index (χ1) is 8.74. The molecule has 0 saturated heterocycles. The van der Waals surface area contributed by atoms with E-state index >= 15 is 0 Å². The molecule has 0 aliphatic heterocycles. The number of carbonyl (C=O) groups excluding carboxylic acids is 1. The fraction of sp³-hybridized carbons (Fsp3) is 0.250. The Morgan fingerprint density at radius 2 is 2.33 bits per heavy atom. The predicted molar refractivity (Wildman–Crippen MR) is 63.9 cm³/mol. The van der Waals surface area contributed by atoms with Crippen LogP contribution in [0.4, 0.5) is 0 Å². The zero-order valence-electron chi connectivity index (χ0n) is 10.2. The summed E-state index contributed by atoms with van der Waals surface area (Å²) in [7, 11) is 1.58. The van der Waals surface area contributed by atoms with Crippen molar-refractivity contribution in [2.24, 2.45) is 0 Å². The van der Waals surface area contributed by atoms with Gasteiger partial charge in [0.25, 0.3) is 0 Å². The minimum Gasteiger partial charge on any atom is -0.497 e. The fourth-order valence-electron chi connectivity index (χ4n) is 1.42. The van der Waals surface area contributed by atoms with E-state index in [2.05, 4.69) is 10.1 Å². The van der Waals surface area contributed by atoms with Crippen molar-refractivity contribution in [1.29, 1.82) is 0 Å². The van der Waals surface area contributed by atoms with Crippen molar-refractivity contribution in [2.45, 2.75) is 6.92 Å². The lowest BCUT2D eigenvalue weighted by Crippen LogP contribution is -2.03. The van der Waals surface area contributed by atoms with Crippen molar-refractivity contribution in [1.82, 2.24) is 14.8 Å². The summed E-state index contributed by atoms with van der Waals surface area (Å²) in [5, 5.41) is 4.06. The van der Waals surface area contributed by atoms with E-state index in [1.807, 2.05) is 0 Å². The molecule has 0 fully saturated rings. The van der Waals surface area contributed by atoms with Crippen LogP contribution in [0.25, 0.3) is 5.82 Å². The Kier molecular flexibility index (Phi) is 3.57. The number of pyridine rings is 1. The van der Waals surface area contributed by atoms with Gasteiger partial charge in [0.05, 0.1) is 25.5 Å². The molecule has 0 aliphatic carbocycles. The van der Waals surface area contributed by atoms with Gasteiger partial charge in [-0.1, -0.05) is 0 Å². The SMILES string of the molecule is CCOC(=O)c1cnn(-c2cc(OC)ccn2)c1. The summed E-state index contributed by atoms with van der Waals surface area (Å²) in [6.45, 7) is 2.09. The van der Waals surface area contributed by atoms with E-state index in [1.54, 1.807) is 38.6 Å². The van der Waals surface area contributed by atoms with Crippen LogP contribution in [0.3, 0.4) is 0 Å². The van der Waals surface area contributed by atoms with E-state index in [0.717, 1.165) is 0 Å². The molecule has 2 rings (SSSR count). The summed E-state index contributed by atoms with van der Waals surface area (Å²) >= 11 is 0. The Hall–Kier alpha value is -2.37. The number of ether oxygens (including phenoxy) is 2. The maximum Gasteiger partial charge on any atom is 0.341 e. The number of hydrogen-bond donors (Lipinski definition) is 0. The molecule has 6 nitrogen and oxygen atoms in total. The van der Waals surface area contributed by atoms with Gasteiger partial charge in [-0.25, -0.2) is 14.5 Å². The first-order valence-electron chi connectivity index (χ1n) is 5.46. The van der Waals surface area contributed by atoms with Gasteiger partial charge in [0.1, 0.15) is 5.75 Å². The van der Waals surface area contributed by atoms with Gasteiger partial charge in [-0.3, -0.25) is 0 Å². The third kappa shape index (κ3) is 2.48. The number of hydrogen-bond acceptors (Lipinski definition) is 5. The highest BCUT2D eigenvalue weighted by Crippen LogP contribution is 2.13. The Morgan fingerprint density at radius 1 is 1.50 bits per heavy atom. The summed E-state index contributed by atoms with van der Waals surface area (Å²) in [4.78, 5) is 15.6. The lowest BCUT2D eigenvalue weighted by Gasteiger charge is -2.02. The third-order valence-electron chi connectivity index (χ3n) is 2.28. The van der Waals surface area contributed by atoms with Crippen molar-refractivity contribution in [3.05, 3.63) is 36.3 Å². The molecule has 2 heterocycles. The van der Waals surface area contributed by atoms with E-state index in [-0.39, 0.29) is 0 Å². The Labute approximate surface area is 104 Å². The molecule has 6 heteroatoms. The Balaban J connectivity index is 2.26. The van der Waals surface area contributed by atoms with Gasteiger partial charge in [-0.05, 0) is 13.0 Å². The van der Waals surface area contributed by atoms with E-state index in [9.17, 15) is 4.79 Å². The molecule has 2 aromatic rings. The quantitative estimate of drug-likeness (QED) is 0.765. The van der Waals surface area contributed by atoms with Crippen molar-refractivity contribution < 1.29 is 14.3 Å². The van der Waals surface area contributed by atoms with Crippen LogP contribution in [0.1, 0.15) is 17.3 Å². The fourth-order valence-corrected chi connectivity index (χ4v) is 1.42. The standard InChI is InChI=1S/C12H13N3O3/c1-3-18-12(16)9-7-14-15(8-9)11-6-10(17-2)4-5-13-11/h4-8H,3H2,1-2H3. The molecule has 0 saturated carbocycles. The number of nitrogens with zero attached hydrogens (tertiary/aromatic N) is 3. The highest BCUT2D eigenvalue weighted by molar-refractivity contribution is 5.88. The van der Waals surface area contributed by atoms with Crippen LogP contribution in [0.15, 0.2) is 30.7 Å². The number of carbonyl (C=O) groups is 1. The van der Waals surface area contributed by atoms with E-state index in [4.69, 9.17) is 9.47 Å². The molecule has 0 aromatic carbocycles. The maximum atomic E-state index is 11.5. The molecule has 0 unspecified atom stereocenters. The van der Waals surface area contributed by atoms with Gasteiger partial charge in [-0.15, -0.1) is 0 Å². The van der Waals surface area contributed by atoms with Gasteiger partial charge < -0.3 is 9.47 Å². The summed E-state index contributed by atoms with van der Waals surface area (Å²) in [5.74, 6) is 0.852. The van der Waals surface area contributed by atoms with E-state index < -0.39 is 5.97 Å². The number of esters is 1.